The molecule has 178 valence electrons. The fourth-order valence-electron chi connectivity index (χ4n) is 5.20. The third-order valence-corrected chi connectivity index (χ3v) is 7.01. The normalized spacial score (nSPS) is 18.0. The minimum Gasteiger partial charge on any atom is -0.489 e. The van der Waals surface area contributed by atoms with Crippen molar-refractivity contribution in [2.45, 2.75) is 44.2 Å². The van der Waals surface area contributed by atoms with Crippen molar-refractivity contribution in [3.63, 3.8) is 0 Å². The number of carboxylic acids is 1. The predicted molar refractivity (Wildman–Crippen MR) is 140 cm³/mol. The average molecular weight is 466 g/mol. The Labute approximate surface area is 206 Å². The second-order valence-electron chi connectivity index (χ2n) is 9.40. The van der Waals surface area contributed by atoms with E-state index >= 15 is 0 Å². The highest BCUT2D eigenvalue weighted by atomic mass is 16.5. The van der Waals surface area contributed by atoms with Crippen LogP contribution in [0.25, 0.3) is 10.8 Å². The van der Waals surface area contributed by atoms with Crippen molar-refractivity contribution in [2.75, 3.05) is 6.54 Å². The lowest BCUT2D eigenvalue weighted by Crippen LogP contribution is -2.37. The number of para-hydroxylation sites is 1. The molecule has 0 bridgehead atoms. The molecule has 5 rings (SSSR count). The Hall–Kier alpha value is -3.63. The molecule has 0 fully saturated rings. The average Bonchev–Trinajstić information content (AvgIpc) is 2.90. The predicted octanol–water partition coefficient (Wildman–Crippen LogP) is 6.49. The van der Waals surface area contributed by atoms with E-state index in [1.165, 1.54) is 27.5 Å². The van der Waals surface area contributed by atoms with Gasteiger partial charge in [-0.25, -0.2) is 0 Å². The lowest BCUT2D eigenvalue weighted by atomic mass is 9.83. The van der Waals surface area contributed by atoms with Gasteiger partial charge in [0.1, 0.15) is 11.9 Å². The van der Waals surface area contributed by atoms with E-state index in [9.17, 15) is 4.79 Å². The minimum atomic E-state index is -0.765. The Kier molecular flexibility index (Phi) is 6.82. The molecule has 0 saturated heterocycles. The highest BCUT2D eigenvalue weighted by Crippen LogP contribution is 2.40. The first-order valence-electron chi connectivity index (χ1n) is 12.4. The molecule has 0 amide bonds. The molecule has 3 atom stereocenters. The molecule has 0 aliphatic carbocycles. The van der Waals surface area contributed by atoms with Gasteiger partial charge >= 0.3 is 5.97 Å². The number of hydrogen-bond acceptors (Lipinski definition) is 3. The van der Waals surface area contributed by atoms with E-state index < -0.39 is 5.97 Å². The van der Waals surface area contributed by atoms with Crippen LogP contribution in [-0.2, 0) is 11.2 Å². The van der Waals surface area contributed by atoms with E-state index in [0.717, 1.165) is 24.3 Å². The molecule has 0 saturated carbocycles. The van der Waals surface area contributed by atoms with Crippen LogP contribution in [0.1, 0.15) is 54.0 Å². The number of aliphatic carboxylic acids is 1. The van der Waals surface area contributed by atoms with Gasteiger partial charge in [-0.05, 0) is 53.3 Å². The summed E-state index contributed by atoms with van der Waals surface area (Å²) in [4.78, 5) is 11.0. The number of aryl methyl sites for hydroxylation is 1. The van der Waals surface area contributed by atoms with Crippen LogP contribution in [-0.4, -0.2) is 23.7 Å². The summed E-state index contributed by atoms with van der Waals surface area (Å²) in [5.41, 5.74) is 4.77. The zero-order valence-electron chi connectivity index (χ0n) is 20.0. The molecule has 4 aromatic carbocycles. The first-order chi connectivity index (χ1) is 17.1. The number of hydrogen-bond donors (Lipinski definition) is 2. The van der Waals surface area contributed by atoms with Crippen LogP contribution in [0.5, 0.6) is 5.75 Å². The lowest BCUT2D eigenvalue weighted by Gasteiger charge is -2.33. The number of carbonyl (C=O) groups is 1. The number of ether oxygens (including phenoxy) is 1. The summed E-state index contributed by atoms with van der Waals surface area (Å²) < 4.78 is 6.43. The minimum absolute atomic E-state index is 0.0370. The first-order valence-corrected chi connectivity index (χ1v) is 12.4. The third-order valence-electron chi connectivity index (χ3n) is 7.01. The number of rotatable bonds is 8. The van der Waals surface area contributed by atoms with Gasteiger partial charge in [0.15, 0.2) is 0 Å². The van der Waals surface area contributed by atoms with Crippen LogP contribution >= 0.6 is 0 Å². The van der Waals surface area contributed by atoms with Crippen molar-refractivity contribution in [3.8, 4) is 5.75 Å². The van der Waals surface area contributed by atoms with Crippen LogP contribution in [0.4, 0.5) is 0 Å². The second-order valence-corrected chi connectivity index (χ2v) is 9.40. The molecule has 0 aromatic heterocycles. The zero-order chi connectivity index (χ0) is 24.2. The maximum absolute atomic E-state index is 11.0. The van der Waals surface area contributed by atoms with Gasteiger partial charge < -0.3 is 15.2 Å². The molecule has 1 aliphatic rings. The first kappa shape index (κ1) is 23.1. The van der Waals surface area contributed by atoms with E-state index in [1.54, 1.807) is 0 Å². The van der Waals surface area contributed by atoms with Crippen LogP contribution in [0, 0.1) is 0 Å². The lowest BCUT2D eigenvalue weighted by molar-refractivity contribution is -0.136. The Balaban J connectivity index is 1.34. The van der Waals surface area contributed by atoms with Gasteiger partial charge in [0.25, 0.3) is 0 Å². The van der Waals surface area contributed by atoms with E-state index in [2.05, 4.69) is 85.0 Å². The summed E-state index contributed by atoms with van der Waals surface area (Å²) in [6.45, 7) is 2.95. The van der Waals surface area contributed by atoms with E-state index in [1.807, 2.05) is 18.2 Å². The largest absolute Gasteiger partial charge is 0.489 e. The van der Waals surface area contributed by atoms with Crippen LogP contribution in [0.2, 0.25) is 0 Å². The fraction of sp³-hybridized carbons (Fsp3) is 0.258. The Morgan fingerprint density at radius 2 is 1.77 bits per heavy atom. The van der Waals surface area contributed by atoms with Crippen molar-refractivity contribution < 1.29 is 14.6 Å². The van der Waals surface area contributed by atoms with Gasteiger partial charge in [0.2, 0.25) is 0 Å². The Morgan fingerprint density at radius 1 is 1.00 bits per heavy atom. The van der Waals surface area contributed by atoms with Crippen molar-refractivity contribution in [1.82, 2.24) is 5.32 Å². The maximum Gasteiger partial charge on any atom is 0.303 e. The topological polar surface area (TPSA) is 58.6 Å². The molecule has 0 spiro atoms. The van der Waals surface area contributed by atoms with Crippen LogP contribution < -0.4 is 10.1 Å². The number of carboxylic acid groups (broad SMARTS) is 1. The van der Waals surface area contributed by atoms with Gasteiger partial charge in [0.05, 0.1) is 0 Å². The van der Waals surface area contributed by atoms with Gasteiger partial charge in [-0.1, -0.05) is 84.9 Å². The standard InChI is InChI=1S/C31H31NO3/c1-21(26-14-7-10-23-9-2-3-12-27(23)26)32-20-25-19-29(28-13-4-5-15-30(28)35-25)24-11-6-8-22(18-24)16-17-31(33)34/h2-15,18,21,25,29,32H,16-17,19-20H2,1H3,(H,33,34). The summed E-state index contributed by atoms with van der Waals surface area (Å²) >= 11 is 0. The third kappa shape index (κ3) is 5.23. The van der Waals surface area contributed by atoms with E-state index in [-0.39, 0.29) is 24.5 Å². The van der Waals surface area contributed by atoms with Crippen molar-refractivity contribution in [1.29, 1.82) is 0 Å². The van der Waals surface area contributed by atoms with Gasteiger partial charge in [0, 0.05) is 30.5 Å². The van der Waals surface area contributed by atoms with E-state index in [4.69, 9.17) is 9.84 Å². The molecule has 4 nitrogen and oxygen atoms in total. The SMILES string of the molecule is CC(NCC1CC(c2cccc(CCC(=O)O)c2)c2ccccc2O1)c1cccc2ccccc12. The fourth-order valence-corrected chi connectivity index (χ4v) is 5.20. The molecule has 1 aliphatic heterocycles. The summed E-state index contributed by atoms with van der Waals surface area (Å²) in [5, 5.41) is 15.3. The molecular formula is C31H31NO3. The monoisotopic (exact) mass is 465 g/mol. The summed E-state index contributed by atoms with van der Waals surface area (Å²) in [6, 6.07) is 31.8. The summed E-state index contributed by atoms with van der Waals surface area (Å²) in [6.07, 6.45) is 1.60. The van der Waals surface area contributed by atoms with Crippen molar-refractivity contribution in [3.05, 3.63) is 113 Å². The number of fused-ring (bicyclic) bond motifs is 2. The van der Waals surface area contributed by atoms with Gasteiger partial charge in [-0.3, -0.25) is 4.79 Å². The molecule has 4 heteroatoms. The van der Waals surface area contributed by atoms with Gasteiger partial charge in [-0.15, -0.1) is 0 Å². The highest BCUT2D eigenvalue weighted by molar-refractivity contribution is 5.86. The molecule has 4 aromatic rings. The highest BCUT2D eigenvalue weighted by Gasteiger charge is 2.29. The van der Waals surface area contributed by atoms with Crippen molar-refractivity contribution in [2.24, 2.45) is 0 Å². The number of nitrogens with one attached hydrogen (secondary N) is 1. The quantitative estimate of drug-likeness (QED) is 0.312. The van der Waals surface area contributed by atoms with Crippen LogP contribution in [0.15, 0.2) is 91.0 Å². The molecule has 2 N–H and O–H groups in total. The molecule has 0 radical (unpaired) electrons. The molecule has 3 unspecified atom stereocenters. The Morgan fingerprint density at radius 3 is 2.66 bits per heavy atom. The molecule has 1 heterocycles. The Bertz CT molecular complexity index is 1330. The van der Waals surface area contributed by atoms with Gasteiger partial charge in [-0.2, -0.15) is 0 Å². The second kappa shape index (κ2) is 10.3. The smallest absolute Gasteiger partial charge is 0.303 e. The molecule has 35 heavy (non-hydrogen) atoms. The van der Waals surface area contributed by atoms with E-state index in [0.29, 0.717) is 6.42 Å². The number of benzene rings is 4. The summed E-state index contributed by atoms with van der Waals surface area (Å²) in [7, 11) is 0. The maximum atomic E-state index is 11.0. The van der Waals surface area contributed by atoms with Crippen molar-refractivity contribution >= 4 is 16.7 Å². The molecular weight excluding hydrogens is 434 g/mol. The summed E-state index contributed by atoms with van der Waals surface area (Å²) in [5.74, 6) is 0.381. The van der Waals surface area contributed by atoms with Crippen LogP contribution in [0.3, 0.4) is 0 Å². The zero-order valence-corrected chi connectivity index (χ0v) is 20.0.